The van der Waals surface area contributed by atoms with Crippen LogP contribution < -0.4 is 0 Å². The first-order valence-corrected chi connectivity index (χ1v) is 6.37. The van der Waals surface area contributed by atoms with Crippen LogP contribution in [0.5, 0.6) is 0 Å². The van der Waals surface area contributed by atoms with Crippen LogP contribution >= 0.6 is 11.3 Å². The number of hydrogen-bond acceptors (Lipinski definition) is 2. The Morgan fingerprint density at radius 1 is 1.29 bits per heavy atom. The molecule has 0 saturated heterocycles. The standard InChI is InChI=1S/C14H13FOS/c1-2-12-6-7-14(17-12)13(16)9-10-4-3-5-11(15)8-10/h3-8H,2,9H2,1H3. The lowest BCUT2D eigenvalue weighted by Gasteiger charge is -1.99. The highest BCUT2D eigenvalue weighted by molar-refractivity contribution is 7.14. The average Bonchev–Trinajstić information content (AvgIpc) is 2.77. The number of rotatable bonds is 4. The highest BCUT2D eigenvalue weighted by Gasteiger charge is 2.10. The summed E-state index contributed by atoms with van der Waals surface area (Å²) in [5.41, 5.74) is 0.724. The lowest BCUT2D eigenvalue weighted by atomic mass is 10.1. The second-order valence-corrected chi connectivity index (χ2v) is 5.02. The van der Waals surface area contributed by atoms with Crippen LogP contribution in [0.2, 0.25) is 0 Å². The van der Waals surface area contributed by atoms with Crippen molar-refractivity contribution in [3.63, 3.8) is 0 Å². The molecule has 0 saturated carbocycles. The van der Waals surface area contributed by atoms with Crippen molar-refractivity contribution in [1.82, 2.24) is 0 Å². The number of carbonyl (C=O) groups excluding carboxylic acids is 1. The predicted octanol–water partition coefficient (Wildman–Crippen LogP) is 3.88. The molecule has 0 unspecified atom stereocenters. The van der Waals surface area contributed by atoms with E-state index >= 15 is 0 Å². The Bertz CT molecular complexity index is 531. The summed E-state index contributed by atoms with van der Waals surface area (Å²) in [6.45, 7) is 2.06. The fourth-order valence-electron chi connectivity index (χ4n) is 1.64. The maximum absolute atomic E-state index is 13.0. The Morgan fingerprint density at radius 3 is 2.76 bits per heavy atom. The molecule has 0 bridgehead atoms. The van der Waals surface area contributed by atoms with E-state index in [0.717, 1.165) is 16.9 Å². The molecule has 17 heavy (non-hydrogen) atoms. The summed E-state index contributed by atoms with van der Waals surface area (Å²) in [6.07, 6.45) is 1.21. The first-order chi connectivity index (χ1) is 8.19. The van der Waals surface area contributed by atoms with Crippen LogP contribution in [0.1, 0.15) is 27.0 Å². The zero-order valence-electron chi connectivity index (χ0n) is 9.57. The molecule has 3 heteroatoms. The smallest absolute Gasteiger partial charge is 0.177 e. The highest BCUT2D eigenvalue weighted by atomic mass is 32.1. The quantitative estimate of drug-likeness (QED) is 0.750. The summed E-state index contributed by atoms with van der Waals surface area (Å²) in [6, 6.07) is 10.0. The molecule has 0 aliphatic rings. The number of halogens is 1. The lowest BCUT2D eigenvalue weighted by Crippen LogP contribution is -2.01. The van der Waals surface area contributed by atoms with Gasteiger partial charge in [-0.1, -0.05) is 19.1 Å². The minimum atomic E-state index is -0.296. The van der Waals surface area contributed by atoms with Gasteiger partial charge in [-0.25, -0.2) is 4.39 Å². The number of aryl methyl sites for hydroxylation is 1. The van der Waals surface area contributed by atoms with Crippen molar-refractivity contribution >= 4 is 17.1 Å². The van der Waals surface area contributed by atoms with Gasteiger partial charge in [-0.3, -0.25) is 4.79 Å². The summed E-state index contributed by atoms with van der Waals surface area (Å²) in [5, 5.41) is 0. The van der Waals surface area contributed by atoms with Crippen LogP contribution in [0.4, 0.5) is 4.39 Å². The molecule has 0 N–H and O–H groups in total. The minimum absolute atomic E-state index is 0.0558. The van der Waals surface area contributed by atoms with Crippen molar-refractivity contribution in [3.8, 4) is 0 Å². The summed E-state index contributed by atoms with van der Waals surface area (Å²) in [5.74, 6) is -0.240. The number of carbonyl (C=O) groups is 1. The molecule has 2 rings (SSSR count). The molecule has 0 aliphatic carbocycles. The van der Waals surface area contributed by atoms with Crippen molar-refractivity contribution in [3.05, 3.63) is 57.5 Å². The van der Waals surface area contributed by atoms with Gasteiger partial charge in [0.15, 0.2) is 5.78 Å². The van der Waals surface area contributed by atoms with Crippen molar-refractivity contribution < 1.29 is 9.18 Å². The Morgan fingerprint density at radius 2 is 2.12 bits per heavy atom. The number of benzene rings is 1. The first-order valence-electron chi connectivity index (χ1n) is 5.55. The lowest BCUT2D eigenvalue weighted by molar-refractivity contribution is 0.0997. The average molecular weight is 248 g/mol. The maximum Gasteiger partial charge on any atom is 0.177 e. The monoisotopic (exact) mass is 248 g/mol. The molecular formula is C14H13FOS. The topological polar surface area (TPSA) is 17.1 Å². The Labute approximate surface area is 104 Å². The molecule has 1 aromatic heterocycles. The van der Waals surface area contributed by atoms with Gasteiger partial charge >= 0.3 is 0 Å². The molecule has 1 aromatic carbocycles. The van der Waals surface area contributed by atoms with Crippen molar-refractivity contribution in [2.75, 3.05) is 0 Å². The van der Waals surface area contributed by atoms with Gasteiger partial charge in [-0.05, 0) is 36.2 Å². The second kappa shape index (κ2) is 5.23. The molecule has 1 heterocycles. The zero-order valence-corrected chi connectivity index (χ0v) is 10.4. The van der Waals surface area contributed by atoms with Crippen molar-refractivity contribution in [2.45, 2.75) is 19.8 Å². The van der Waals surface area contributed by atoms with Gasteiger partial charge in [0.2, 0.25) is 0 Å². The van der Waals surface area contributed by atoms with Crippen LogP contribution in [0.25, 0.3) is 0 Å². The third-order valence-electron chi connectivity index (χ3n) is 2.54. The largest absolute Gasteiger partial charge is 0.293 e. The van der Waals surface area contributed by atoms with E-state index in [1.807, 2.05) is 12.1 Å². The molecule has 0 spiro atoms. The first kappa shape index (κ1) is 12.0. The summed E-state index contributed by atoms with van der Waals surface area (Å²) in [7, 11) is 0. The third kappa shape index (κ3) is 3.01. The van der Waals surface area contributed by atoms with E-state index in [1.54, 1.807) is 12.1 Å². The molecule has 0 radical (unpaired) electrons. The number of ketones is 1. The van der Waals surface area contributed by atoms with Crippen LogP contribution in [-0.2, 0) is 12.8 Å². The van der Waals surface area contributed by atoms with Gasteiger partial charge in [-0.2, -0.15) is 0 Å². The van der Waals surface area contributed by atoms with Gasteiger partial charge in [0.05, 0.1) is 4.88 Å². The highest BCUT2D eigenvalue weighted by Crippen LogP contribution is 2.19. The minimum Gasteiger partial charge on any atom is -0.293 e. The molecule has 88 valence electrons. The Hall–Kier alpha value is -1.48. The van der Waals surface area contributed by atoms with Crippen LogP contribution in [0.3, 0.4) is 0 Å². The zero-order chi connectivity index (χ0) is 12.3. The van der Waals surface area contributed by atoms with Crippen molar-refractivity contribution in [2.24, 2.45) is 0 Å². The number of thiophene rings is 1. The molecule has 0 amide bonds. The Balaban J connectivity index is 2.11. The third-order valence-corrected chi connectivity index (χ3v) is 3.81. The van der Waals surface area contributed by atoms with E-state index in [2.05, 4.69) is 6.92 Å². The Kier molecular flexibility index (Phi) is 3.69. The fraction of sp³-hybridized carbons (Fsp3) is 0.214. The SMILES string of the molecule is CCc1ccc(C(=O)Cc2cccc(F)c2)s1. The van der Waals surface area contributed by atoms with E-state index in [-0.39, 0.29) is 18.0 Å². The van der Waals surface area contributed by atoms with E-state index in [9.17, 15) is 9.18 Å². The van der Waals surface area contributed by atoms with Gasteiger partial charge in [0.25, 0.3) is 0 Å². The summed E-state index contributed by atoms with van der Waals surface area (Å²) < 4.78 is 13.0. The molecule has 0 aliphatic heterocycles. The summed E-state index contributed by atoms with van der Waals surface area (Å²) >= 11 is 1.52. The van der Waals surface area contributed by atoms with Gasteiger partial charge in [0, 0.05) is 11.3 Å². The van der Waals surface area contributed by atoms with E-state index in [0.29, 0.717) is 0 Å². The molecular weight excluding hydrogens is 235 g/mol. The summed E-state index contributed by atoms with van der Waals surface area (Å²) in [4.78, 5) is 13.9. The number of Topliss-reactive ketones (excluding diaryl/α,β-unsaturated/α-hetero) is 1. The van der Waals surface area contributed by atoms with E-state index in [4.69, 9.17) is 0 Å². The van der Waals surface area contributed by atoms with E-state index < -0.39 is 0 Å². The fourth-order valence-corrected chi connectivity index (χ4v) is 2.52. The van der Waals surface area contributed by atoms with Crippen LogP contribution in [-0.4, -0.2) is 5.78 Å². The van der Waals surface area contributed by atoms with Crippen LogP contribution in [0.15, 0.2) is 36.4 Å². The van der Waals surface area contributed by atoms with Crippen LogP contribution in [0, 0.1) is 5.82 Å². The molecule has 0 atom stereocenters. The van der Waals surface area contributed by atoms with Crippen molar-refractivity contribution in [1.29, 1.82) is 0 Å². The van der Waals surface area contributed by atoms with Gasteiger partial charge < -0.3 is 0 Å². The second-order valence-electron chi connectivity index (χ2n) is 3.85. The molecule has 1 nitrogen and oxygen atoms in total. The van der Waals surface area contributed by atoms with E-state index in [1.165, 1.54) is 28.3 Å². The molecule has 0 fully saturated rings. The molecule has 2 aromatic rings. The normalized spacial score (nSPS) is 10.5. The van der Waals surface area contributed by atoms with Gasteiger partial charge in [0.1, 0.15) is 5.82 Å². The maximum atomic E-state index is 13.0. The van der Waals surface area contributed by atoms with Gasteiger partial charge in [-0.15, -0.1) is 11.3 Å². The number of hydrogen-bond donors (Lipinski definition) is 0. The predicted molar refractivity (Wildman–Crippen MR) is 68.1 cm³/mol.